The Bertz CT molecular complexity index is 1020. The third-order valence-corrected chi connectivity index (χ3v) is 5.47. The van der Waals surface area contributed by atoms with Gasteiger partial charge in [-0.2, -0.15) is 5.10 Å². The van der Waals surface area contributed by atoms with E-state index in [0.29, 0.717) is 0 Å². The minimum absolute atomic E-state index is 0.182. The molecule has 158 valence electrons. The number of aromatic nitrogens is 2. The minimum atomic E-state index is -0.389. The fourth-order valence-corrected chi connectivity index (χ4v) is 4.18. The monoisotopic (exact) mass is 409 g/mol. The van der Waals surface area contributed by atoms with Crippen molar-refractivity contribution in [1.82, 2.24) is 14.7 Å². The van der Waals surface area contributed by atoms with Gasteiger partial charge in [0.25, 0.3) is 0 Å². The molecule has 1 saturated heterocycles. The Hall–Kier alpha value is -2.70. The predicted molar refractivity (Wildman–Crippen MR) is 116 cm³/mol. The van der Waals surface area contributed by atoms with E-state index in [0.717, 1.165) is 47.7 Å². The summed E-state index contributed by atoms with van der Waals surface area (Å²) >= 11 is 0. The zero-order chi connectivity index (χ0) is 21.3. The zero-order valence-corrected chi connectivity index (χ0v) is 17.9. The van der Waals surface area contributed by atoms with Gasteiger partial charge in [-0.05, 0) is 50.6 Å². The van der Waals surface area contributed by atoms with Crippen molar-refractivity contribution in [2.24, 2.45) is 0 Å². The van der Waals surface area contributed by atoms with Gasteiger partial charge in [0.05, 0.1) is 30.7 Å². The Kier molecular flexibility index (Phi) is 5.88. The summed E-state index contributed by atoms with van der Waals surface area (Å²) in [6, 6.07) is 13.1. The third kappa shape index (κ3) is 4.25. The van der Waals surface area contributed by atoms with Crippen LogP contribution in [0.1, 0.15) is 25.0 Å². The van der Waals surface area contributed by atoms with Crippen molar-refractivity contribution in [3.05, 3.63) is 65.6 Å². The third-order valence-electron chi connectivity index (χ3n) is 5.47. The first-order valence-corrected chi connectivity index (χ1v) is 10.3. The lowest BCUT2D eigenvalue weighted by atomic mass is 10.1. The van der Waals surface area contributed by atoms with E-state index in [1.54, 1.807) is 6.07 Å². The molecule has 30 heavy (non-hydrogen) atoms. The average molecular weight is 410 g/mol. The van der Waals surface area contributed by atoms with Crippen LogP contribution in [0.5, 0.6) is 5.75 Å². The maximum atomic E-state index is 14.4. The van der Waals surface area contributed by atoms with Crippen molar-refractivity contribution >= 4 is 0 Å². The maximum Gasteiger partial charge on any atom is 0.165 e. The van der Waals surface area contributed by atoms with E-state index in [9.17, 15) is 4.39 Å². The average Bonchev–Trinajstić information content (AvgIpc) is 3.11. The molecular formula is C24H28FN3O2. The van der Waals surface area contributed by atoms with Crippen molar-refractivity contribution < 1.29 is 13.9 Å². The standard InChI is InChI=1S/C24H28FN3O2/c1-16-7-5-6-8-22(16)28-15-20(14-27-12-17(2)30-18(3)13-27)24(26-28)19-9-10-23(29-4)21(25)11-19/h5-11,15,17-18H,12-14H2,1-4H3/t17-,18+. The van der Waals surface area contributed by atoms with Gasteiger partial charge in [-0.15, -0.1) is 0 Å². The van der Waals surface area contributed by atoms with Crippen LogP contribution in [-0.4, -0.2) is 47.1 Å². The summed E-state index contributed by atoms with van der Waals surface area (Å²) in [5.74, 6) is -0.158. The molecule has 0 bridgehead atoms. The van der Waals surface area contributed by atoms with E-state index in [1.807, 2.05) is 28.9 Å². The number of hydrogen-bond donors (Lipinski definition) is 0. The second-order valence-corrected chi connectivity index (χ2v) is 8.03. The van der Waals surface area contributed by atoms with Gasteiger partial charge in [-0.25, -0.2) is 9.07 Å². The number of aryl methyl sites for hydroxylation is 1. The first-order valence-electron chi connectivity index (χ1n) is 10.3. The van der Waals surface area contributed by atoms with Gasteiger partial charge in [-0.3, -0.25) is 4.90 Å². The maximum absolute atomic E-state index is 14.4. The SMILES string of the molecule is COc1ccc(-c2nn(-c3ccccc3C)cc2CN2C[C@@H](C)O[C@@H](C)C2)cc1F. The van der Waals surface area contributed by atoms with Crippen molar-refractivity contribution in [1.29, 1.82) is 0 Å². The number of morpholine rings is 1. The second-order valence-electron chi connectivity index (χ2n) is 8.03. The molecule has 0 spiro atoms. The van der Waals surface area contributed by atoms with Crippen LogP contribution in [0.15, 0.2) is 48.7 Å². The molecule has 0 aliphatic carbocycles. The summed E-state index contributed by atoms with van der Waals surface area (Å²) in [5, 5.41) is 4.86. The topological polar surface area (TPSA) is 39.5 Å². The highest BCUT2D eigenvalue weighted by Gasteiger charge is 2.24. The molecule has 3 aromatic rings. The fourth-order valence-electron chi connectivity index (χ4n) is 4.18. The van der Waals surface area contributed by atoms with Crippen LogP contribution < -0.4 is 4.74 Å². The lowest BCUT2D eigenvalue weighted by Crippen LogP contribution is -2.44. The summed E-state index contributed by atoms with van der Waals surface area (Å²) in [6.45, 7) is 8.70. The van der Waals surface area contributed by atoms with Crippen LogP contribution in [-0.2, 0) is 11.3 Å². The molecule has 1 fully saturated rings. The van der Waals surface area contributed by atoms with Crippen LogP contribution in [0, 0.1) is 12.7 Å². The molecular weight excluding hydrogens is 381 g/mol. The first-order chi connectivity index (χ1) is 14.4. The molecule has 2 atom stereocenters. The van der Waals surface area contributed by atoms with Crippen LogP contribution in [0.25, 0.3) is 16.9 Å². The number of methoxy groups -OCH3 is 1. The number of halogens is 1. The Morgan fingerprint density at radius 3 is 2.53 bits per heavy atom. The number of rotatable bonds is 5. The molecule has 0 N–H and O–H groups in total. The molecule has 5 nitrogen and oxygen atoms in total. The first kappa shape index (κ1) is 20.6. The van der Waals surface area contributed by atoms with Gasteiger partial charge in [0, 0.05) is 37.0 Å². The van der Waals surface area contributed by atoms with Gasteiger partial charge in [0.15, 0.2) is 11.6 Å². The molecule has 0 radical (unpaired) electrons. The Morgan fingerprint density at radius 1 is 1.13 bits per heavy atom. The van der Waals surface area contributed by atoms with Crippen LogP contribution >= 0.6 is 0 Å². The van der Waals surface area contributed by atoms with Crippen LogP contribution in [0.3, 0.4) is 0 Å². The summed E-state index contributed by atoms with van der Waals surface area (Å²) in [5.41, 5.74) is 4.73. The lowest BCUT2D eigenvalue weighted by molar-refractivity contribution is -0.0704. The van der Waals surface area contributed by atoms with Crippen LogP contribution in [0.2, 0.25) is 0 Å². The Balaban J connectivity index is 1.75. The highest BCUT2D eigenvalue weighted by Crippen LogP contribution is 2.30. The molecule has 6 heteroatoms. The minimum Gasteiger partial charge on any atom is -0.494 e. The second kappa shape index (κ2) is 8.58. The van der Waals surface area contributed by atoms with E-state index in [1.165, 1.54) is 13.2 Å². The summed E-state index contributed by atoms with van der Waals surface area (Å²) < 4.78 is 27.3. The summed E-state index contributed by atoms with van der Waals surface area (Å²) in [6.07, 6.45) is 2.43. The van der Waals surface area contributed by atoms with Crippen molar-refractivity contribution in [2.45, 2.75) is 39.5 Å². The molecule has 1 aliphatic heterocycles. The molecule has 0 amide bonds. The van der Waals surface area contributed by atoms with E-state index in [4.69, 9.17) is 14.6 Å². The number of benzene rings is 2. The van der Waals surface area contributed by atoms with Gasteiger partial charge in [-0.1, -0.05) is 18.2 Å². The number of para-hydroxylation sites is 1. The van der Waals surface area contributed by atoms with Gasteiger partial charge in [0.1, 0.15) is 0 Å². The number of nitrogens with zero attached hydrogens (tertiary/aromatic N) is 3. The molecule has 2 aromatic carbocycles. The smallest absolute Gasteiger partial charge is 0.165 e. The molecule has 0 saturated carbocycles. The van der Waals surface area contributed by atoms with E-state index >= 15 is 0 Å². The highest BCUT2D eigenvalue weighted by molar-refractivity contribution is 5.64. The van der Waals surface area contributed by atoms with Gasteiger partial charge >= 0.3 is 0 Å². The summed E-state index contributed by atoms with van der Waals surface area (Å²) in [7, 11) is 1.47. The number of ether oxygens (including phenoxy) is 2. The van der Waals surface area contributed by atoms with Crippen molar-refractivity contribution in [2.75, 3.05) is 20.2 Å². The number of hydrogen-bond acceptors (Lipinski definition) is 4. The normalized spacial score (nSPS) is 19.8. The Morgan fingerprint density at radius 2 is 1.87 bits per heavy atom. The lowest BCUT2D eigenvalue weighted by Gasteiger charge is -2.35. The molecule has 0 unspecified atom stereocenters. The highest BCUT2D eigenvalue weighted by atomic mass is 19.1. The quantitative estimate of drug-likeness (QED) is 0.617. The predicted octanol–water partition coefficient (Wildman–Crippen LogP) is 4.60. The largest absolute Gasteiger partial charge is 0.494 e. The van der Waals surface area contributed by atoms with E-state index < -0.39 is 0 Å². The Labute approximate surface area is 177 Å². The summed E-state index contributed by atoms with van der Waals surface area (Å²) in [4.78, 5) is 2.38. The van der Waals surface area contributed by atoms with E-state index in [2.05, 4.69) is 37.9 Å². The molecule has 1 aromatic heterocycles. The fraction of sp³-hybridized carbons (Fsp3) is 0.375. The van der Waals surface area contributed by atoms with Gasteiger partial charge < -0.3 is 9.47 Å². The van der Waals surface area contributed by atoms with Gasteiger partial charge in [0.2, 0.25) is 0 Å². The molecule has 2 heterocycles. The van der Waals surface area contributed by atoms with Crippen molar-refractivity contribution in [3.8, 4) is 22.7 Å². The zero-order valence-electron chi connectivity index (χ0n) is 17.9. The molecule has 4 rings (SSSR count). The van der Waals surface area contributed by atoms with E-state index in [-0.39, 0.29) is 23.8 Å². The molecule has 1 aliphatic rings. The van der Waals surface area contributed by atoms with Crippen molar-refractivity contribution in [3.63, 3.8) is 0 Å². The van der Waals surface area contributed by atoms with Crippen LogP contribution in [0.4, 0.5) is 4.39 Å².